The second-order valence-corrected chi connectivity index (χ2v) is 6.62. The van der Waals surface area contributed by atoms with Crippen LogP contribution in [0.4, 0.5) is 0 Å². The molecule has 0 radical (unpaired) electrons. The van der Waals surface area contributed by atoms with Gasteiger partial charge in [-0.3, -0.25) is 4.40 Å². The molecule has 0 bridgehead atoms. The van der Waals surface area contributed by atoms with Gasteiger partial charge in [0.25, 0.3) is 0 Å². The normalized spacial score (nSPS) is 11.3. The summed E-state index contributed by atoms with van der Waals surface area (Å²) in [5.74, 6) is -0.864. The SMILES string of the molecule is CCCc1c(C(=O)O)sc2nc(-c3ccc(CC)cc3)c(C)n12. The number of hydrogen-bond acceptors (Lipinski definition) is 3. The third-order valence-corrected chi connectivity index (χ3v) is 5.19. The number of carboxylic acids is 1. The maximum absolute atomic E-state index is 11.5. The van der Waals surface area contributed by atoms with E-state index < -0.39 is 5.97 Å². The molecule has 4 nitrogen and oxygen atoms in total. The molecule has 0 aliphatic heterocycles. The third kappa shape index (κ3) is 2.65. The van der Waals surface area contributed by atoms with Crippen LogP contribution in [0, 0.1) is 6.92 Å². The zero-order chi connectivity index (χ0) is 16.6. The minimum atomic E-state index is -0.864. The summed E-state index contributed by atoms with van der Waals surface area (Å²) < 4.78 is 2.01. The van der Waals surface area contributed by atoms with Crippen LogP contribution >= 0.6 is 11.3 Å². The quantitative estimate of drug-likeness (QED) is 0.745. The first kappa shape index (κ1) is 15.7. The van der Waals surface area contributed by atoms with Gasteiger partial charge in [0.1, 0.15) is 4.88 Å². The van der Waals surface area contributed by atoms with Crippen molar-refractivity contribution in [3.05, 3.63) is 46.1 Å². The van der Waals surface area contributed by atoms with Crippen LogP contribution in [0.1, 0.15) is 46.9 Å². The Labute approximate surface area is 139 Å². The number of carboxylic acid groups (broad SMARTS) is 1. The molecule has 0 fully saturated rings. The molecule has 0 amide bonds. The van der Waals surface area contributed by atoms with E-state index in [-0.39, 0.29) is 0 Å². The number of rotatable bonds is 5. The van der Waals surface area contributed by atoms with Crippen LogP contribution in [0.3, 0.4) is 0 Å². The van der Waals surface area contributed by atoms with Gasteiger partial charge in [0, 0.05) is 17.0 Å². The molecule has 5 heteroatoms. The second-order valence-electron chi connectivity index (χ2n) is 5.65. The molecule has 2 heterocycles. The Hall–Kier alpha value is -2.14. The topological polar surface area (TPSA) is 54.6 Å². The largest absolute Gasteiger partial charge is 0.477 e. The predicted molar refractivity (Wildman–Crippen MR) is 93.6 cm³/mol. The number of hydrogen-bond donors (Lipinski definition) is 1. The van der Waals surface area contributed by atoms with Crippen LogP contribution in [0.5, 0.6) is 0 Å². The fraction of sp³-hybridized carbons (Fsp3) is 0.333. The fourth-order valence-corrected chi connectivity index (χ4v) is 3.97. The monoisotopic (exact) mass is 328 g/mol. The van der Waals surface area contributed by atoms with Gasteiger partial charge in [-0.05, 0) is 25.3 Å². The van der Waals surface area contributed by atoms with Crippen LogP contribution in [0.25, 0.3) is 16.2 Å². The molecule has 0 atom stereocenters. The number of aromatic carboxylic acids is 1. The van der Waals surface area contributed by atoms with Crippen molar-refractivity contribution < 1.29 is 9.90 Å². The number of carbonyl (C=O) groups is 1. The summed E-state index contributed by atoms with van der Waals surface area (Å²) in [7, 11) is 0. The standard InChI is InChI=1S/C18H20N2O2S/c1-4-6-14-16(17(21)22)23-18-19-15(11(3)20(14)18)13-9-7-12(5-2)8-10-13/h7-10H,4-6H2,1-3H3,(H,21,22). The van der Waals surface area contributed by atoms with E-state index in [4.69, 9.17) is 4.98 Å². The average molecular weight is 328 g/mol. The van der Waals surface area contributed by atoms with Crippen molar-refractivity contribution in [1.82, 2.24) is 9.38 Å². The lowest BCUT2D eigenvalue weighted by Gasteiger charge is -2.04. The Bertz CT molecular complexity index is 859. The Morgan fingerprint density at radius 2 is 1.96 bits per heavy atom. The Morgan fingerprint density at radius 1 is 1.26 bits per heavy atom. The molecule has 0 saturated carbocycles. The first-order chi connectivity index (χ1) is 11.1. The Kier molecular flexibility index (Phi) is 4.22. The van der Waals surface area contributed by atoms with Crippen molar-refractivity contribution >= 4 is 22.3 Å². The summed E-state index contributed by atoms with van der Waals surface area (Å²) in [5.41, 5.74) is 5.19. The van der Waals surface area contributed by atoms with E-state index in [2.05, 4.69) is 38.1 Å². The van der Waals surface area contributed by atoms with Crippen LogP contribution in [0.2, 0.25) is 0 Å². The number of benzene rings is 1. The molecule has 2 aromatic heterocycles. The highest BCUT2D eigenvalue weighted by Gasteiger charge is 2.22. The van der Waals surface area contributed by atoms with Crippen LogP contribution in [-0.2, 0) is 12.8 Å². The molecule has 0 saturated heterocycles. The third-order valence-electron chi connectivity index (χ3n) is 4.12. The molecule has 3 aromatic rings. The highest BCUT2D eigenvalue weighted by Crippen LogP contribution is 2.31. The molecule has 3 rings (SSSR count). The Balaban J connectivity index is 2.16. The maximum Gasteiger partial charge on any atom is 0.347 e. The number of thiazole rings is 1. The molecule has 1 aromatic carbocycles. The zero-order valence-corrected chi connectivity index (χ0v) is 14.4. The van der Waals surface area contributed by atoms with Crippen LogP contribution in [-0.4, -0.2) is 20.5 Å². The fourth-order valence-electron chi connectivity index (χ4n) is 2.91. The minimum absolute atomic E-state index is 0.408. The molecular formula is C18H20N2O2S. The summed E-state index contributed by atoms with van der Waals surface area (Å²) in [6.45, 7) is 6.21. The first-order valence-corrected chi connectivity index (χ1v) is 8.71. The molecule has 1 N–H and O–H groups in total. The molecule has 0 unspecified atom stereocenters. The second kappa shape index (κ2) is 6.16. The van der Waals surface area contributed by atoms with Gasteiger partial charge < -0.3 is 5.11 Å². The van der Waals surface area contributed by atoms with E-state index >= 15 is 0 Å². The Morgan fingerprint density at radius 3 is 2.52 bits per heavy atom. The number of aromatic nitrogens is 2. The van der Waals surface area contributed by atoms with Gasteiger partial charge in [-0.25, -0.2) is 9.78 Å². The van der Waals surface area contributed by atoms with Crippen molar-refractivity contribution in [3.8, 4) is 11.3 Å². The van der Waals surface area contributed by atoms with E-state index in [1.807, 2.05) is 11.3 Å². The summed E-state index contributed by atoms with van der Waals surface area (Å²) in [5, 5.41) is 9.42. The van der Waals surface area contributed by atoms with Gasteiger partial charge in [0.15, 0.2) is 4.96 Å². The summed E-state index contributed by atoms with van der Waals surface area (Å²) >= 11 is 1.26. The van der Waals surface area contributed by atoms with Crippen molar-refractivity contribution in [1.29, 1.82) is 0 Å². The van der Waals surface area contributed by atoms with Gasteiger partial charge in [0.05, 0.1) is 5.69 Å². The molecule has 0 spiro atoms. The van der Waals surface area contributed by atoms with E-state index in [0.29, 0.717) is 4.88 Å². The number of aryl methyl sites for hydroxylation is 3. The van der Waals surface area contributed by atoms with E-state index in [1.165, 1.54) is 16.9 Å². The summed E-state index contributed by atoms with van der Waals surface area (Å²) in [4.78, 5) is 17.3. The lowest BCUT2D eigenvalue weighted by atomic mass is 10.1. The highest BCUT2D eigenvalue weighted by molar-refractivity contribution is 7.19. The number of imidazole rings is 1. The van der Waals surface area contributed by atoms with Gasteiger partial charge in [0.2, 0.25) is 0 Å². The number of fused-ring (bicyclic) bond motifs is 1. The average Bonchev–Trinajstić information content (AvgIpc) is 3.06. The molecule has 120 valence electrons. The molecule has 0 aliphatic carbocycles. The zero-order valence-electron chi connectivity index (χ0n) is 13.6. The van der Waals surface area contributed by atoms with Gasteiger partial charge in [-0.15, -0.1) is 0 Å². The van der Waals surface area contributed by atoms with Crippen LogP contribution < -0.4 is 0 Å². The first-order valence-electron chi connectivity index (χ1n) is 7.90. The van der Waals surface area contributed by atoms with Crippen molar-refractivity contribution in [2.75, 3.05) is 0 Å². The summed E-state index contributed by atoms with van der Waals surface area (Å²) in [6, 6.07) is 8.43. The molecule has 0 aliphatic rings. The van der Waals surface area contributed by atoms with Gasteiger partial charge in [-0.1, -0.05) is 55.9 Å². The van der Waals surface area contributed by atoms with Gasteiger partial charge >= 0.3 is 5.97 Å². The van der Waals surface area contributed by atoms with Gasteiger partial charge in [-0.2, -0.15) is 0 Å². The smallest absolute Gasteiger partial charge is 0.347 e. The van der Waals surface area contributed by atoms with E-state index in [0.717, 1.165) is 46.9 Å². The van der Waals surface area contributed by atoms with Crippen molar-refractivity contribution in [2.45, 2.75) is 40.0 Å². The maximum atomic E-state index is 11.5. The molecular weight excluding hydrogens is 308 g/mol. The minimum Gasteiger partial charge on any atom is -0.477 e. The van der Waals surface area contributed by atoms with Crippen LogP contribution in [0.15, 0.2) is 24.3 Å². The van der Waals surface area contributed by atoms with Crippen molar-refractivity contribution in [3.63, 3.8) is 0 Å². The number of nitrogens with zero attached hydrogens (tertiary/aromatic N) is 2. The van der Waals surface area contributed by atoms with E-state index in [9.17, 15) is 9.90 Å². The highest BCUT2D eigenvalue weighted by atomic mass is 32.1. The molecule has 23 heavy (non-hydrogen) atoms. The lowest BCUT2D eigenvalue weighted by Crippen LogP contribution is -2.02. The van der Waals surface area contributed by atoms with Crippen molar-refractivity contribution in [2.24, 2.45) is 0 Å². The summed E-state index contributed by atoms with van der Waals surface area (Å²) in [6.07, 6.45) is 2.66. The van der Waals surface area contributed by atoms with E-state index in [1.54, 1.807) is 0 Å². The predicted octanol–water partition coefficient (Wildman–Crippen LogP) is 4.58. The lowest BCUT2D eigenvalue weighted by molar-refractivity contribution is 0.0700.